The minimum Gasteiger partial charge on any atom is -0.494 e. The number of aliphatic hydroxyl groups excluding tert-OH is 1. The smallest absolute Gasteiger partial charge is 0.239 e. The Morgan fingerprint density at radius 1 is 1.25 bits per heavy atom. The molecule has 6 heteroatoms. The van der Waals surface area contributed by atoms with Crippen LogP contribution < -0.4 is 10.1 Å². The Morgan fingerprint density at radius 2 is 1.96 bits per heavy atom. The molecule has 1 aromatic rings. The molecular formula is C18H27N3O3. The maximum Gasteiger partial charge on any atom is 0.239 e. The van der Waals surface area contributed by atoms with E-state index in [9.17, 15) is 9.90 Å². The average Bonchev–Trinajstić information content (AvgIpc) is 3.03. The van der Waals surface area contributed by atoms with Gasteiger partial charge in [0, 0.05) is 39.3 Å². The van der Waals surface area contributed by atoms with Gasteiger partial charge in [0.15, 0.2) is 0 Å². The summed E-state index contributed by atoms with van der Waals surface area (Å²) in [5.74, 6) is 1.04. The molecule has 2 aliphatic heterocycles. The van der Waals surface area contributed by atoms with E-state index in [1.165, 1.54) is 5.56 Å². The van der Waals surface area contributed by atoms with Gasteiger partial charge in [-0.05, 0) is 31.0 Å². The molecule has 2 fully saturated rings. The van der Waals surface area contributed by atoms with Crippen molar-refractivity contribution in [2.24, 2.45) is 0 Å². The van der Waals surface area contributed by atoms with Gasteiger partial charge in [-0.3, -0.25) is 9.69 Å². The van der Waals surface area contributed by atoms with Crippen molar-refractivity contribution in [2.75, 3.05) is 39.3 Å². The summed E-state index contributed by atoms with van der Waals surface area (Å²) in [6, 6.07) is 8.02. The number of β-amino-alcohol motifs (C(OH)–C–C–N with tert-alkyl or cyclic N) is 1. The van der Waals surface area contributed by atoms with Gasteiger partial charge in [-0.2, -0.15) is 0 Å². The van der Waals surface area contributed by atoms with Gasteiger partial charge in [-0.25, -0.2) is 0 Å². The van der Waals surface area contributed by atoms with Crippen LogP contribution in [-0.4, -0.2) is 72.3 Å². The van der Waals surface area contributed by atoms with Gasteiger partial charge in [0.2, 0.25) is 5.91 Å². The minimum atomic E-state index is -0.389. The van der Waals surface area contributed by atoms with Gasteiger partial charge in [0.1, 0.15) is 5.75 Å². The van der Waals surface area contributed by atoms with Crippen molar-refractivity contribution in [3.05, 3.63) is 29.8 Å². The molecular weight excluding hydrogens is 306 g/mol. The Kier molecular flexibility index (Phi) is 5.71. The minimum absolute atomic E-state index is 0.132. The van der Waals surface area contributed by atoms with Crippen LogP contribution in [0.4, 0.5) is 0 Å². The summed E-state index contributed by atoms with van der Waals surface area (Å²) in [7, 11) is 0. The molecule has 1 aromatic carbocycles. The van der Waals surface area contributed by atoms with E-state index in [0.717, 1.165) is 38.5 Å². The van der Waals surface area contributed by atoms with E-state index in [0.29, 0.717) is 19.6 Å². The predicted molar refractivity (Wildman–Crippen MR) is 91.9 cm³/mol. The third-order valence-corrected chi connectivity index (χ3v) is 4.73. The molecule has 3 rings (SSSR count). The van der Waals surface area contributed by atoms with Crippen molar-refractivity contribution < 1.29 is 14.6 Å². The molecule has 2 aliphatic rings. The van der Waals surface area contributed by atoms with Crippen LogP contribution in [0.5, 0.6) is 5.75 Å². The molecule has 0 unspecified atom stereocenters. The molecule has 0 radical (unpaired) electrons. The van der Waals surface area contributed by atoms with Crippen molar-refractivity contribution in [3.63, 3.8) is 0 Å². The van der Waals surface area contributed by atoms with Crippen LogP contribution in [0, 0.1) is 0 Å². The normalized spacial score (nSPS) is 25.0. The summed E-state index contributed by atoms with van der Waals surface area (Å²) in [6.07, 6.45) is 0.144. The van der Waals surface area contributed by atoms with Crippen molar-refractivity contribution in [2.45, 2.75) is 32.0 Å². The number of carbonyl (C=O) groups excluding carboxylic acids is 1. The number of rotatable bonds is 5. The zero-order valence-corrected chi connectivity index (χ0v) is 14.3. The Balaban J connectivity index is 1.45. The maximum absolute atomic E-state index is 12.4. The average molecular weight is 333 g/mol. The second-order valence-corrected chi connectivity index (χ2v) is 6.53. The number of aliphatic hydroxyl groups is 1. The molecule has 0 aromatic heterocycles. The Morgan fingerprint density at radius 3 is 2.54 bits per heavy atom. The highest BCUT2D eigenvalue weighted by atomic mass is 16.5. The van der Waals surface area contributed by atoms with Crippen molar-refractivity contribution in [3.8, 4) is 5.75 Å². The molecule has 2 N–H and O–H groups in total. The topological polar surface area (TPSA) is 65.0 Å². The number of ether oxygens (including phenoxy) is 1. The van der Waals surface area contributed by atoms with Crippen LogP contribution in [0.1, 0.15) is 18.9 Å². The fourth-order valence-corrected chi connectivity index (χ4v) is 3.37. The number of nitrogens with zero attached hydrogens (tertiary/aromatic N) is 2. The summed E-state index contributed by atoms with van der Waals surface area (Å²) in [6.45, 7) is 7.36. The highest BCUT2D eigenvalue weighted by Crippen LogP contribution is 2.16. The monoisotopic (exact) mass is 333 g/mol. The molecule has 0 bridgehead atoms. The van der Waals surface area contributed by atoms with E-state index in [4.69, 9.17) is 4.74 Å². The van der Waals surface area contributed by atoms with Crippen LogP contribution in [0.25, 0.3) is 0 Å². The molecule has 0 saturated carbocycles. The first-order valence-corrected chi connectivity index (χ1v) is 8.80. The van der Waals surface area contributed by atoms with Gasteiger partial charge in [-0.15, -0.1) is 0 Å². The second kappa shape index (κ2) is 7.96. The fraction of sp³-hybridized carbons (Fsp3) is 0.611. The lowest BCUT2D eigenvalue weighted by Crippen LogP contribution is -2.52. The van der Waals surface area contributed by atoms with Gasteiger partial charge < -0.3 is 20.1 Å². The summed E-state index contributed by atoms with van der Waals surface area (Å²) in [5.41, 5.74) is 1.26. The number of nitrogens with one attached hydrogen (secondary N) is 1. The summed E-state index contributed by atoms with van der Waals surface area (Å²) >= 11 is 0. The van der Waals surface area contributed by atoms with E-state index >= 15 is 0 Å². The van der Waals surface area contributed by atoms with Crippen molar-refractivity contribution in [1.29, 1.82) is 0 Å². The first-order valence-electron chi connectivity index (χ1n) is 8.80. The molecule has 2 saturated heterocycles. The van der Waals surface area contributed by atoms with Crippen LogP contribution in [0.15, 0.2) is 24.3 Å². The van der Waals surface area contributed by atoms with Crippen LogP contribution in [0.2, 0.25) is 0 Å². The molecule has 0 spiro atoms. The Bertz CT molecular complexity index is 541. The van der Waals surface area contributed by atoms with E-state index < -0.39 is 0 Å². The van der Waals surface area contributed by atoms with Gasteiger partial charge in [-0.1, -0.05) is 12.1 Å². The maximum atomic E-state index is 12.4. The third-order valence-electron chi connectivity index (χ3n) is 4.73. The molecule has 1 amide bonds. The highest BCUT2D eigenvalue weighted by molar-refractivity contribution is 5.82. The number of piperazine rings is 1. The van der Waals surface area contributed by atoms with Crippen LogP contribution in [0.3, 0.4) is 0 Å². The first-order chi connectivity index (χ1) is 11.7. The van der Waals surface area contributed by atoms with Gasteiger partial charge in [0.25, 0.3) is 0 Å². The standard InChI is InChI=1S/C18H27N3O3/c1-2-24-16-5-3-14(4-6-16)13-20-7-9-21(10-8-20)18(23)17-11-15(22)12-19-17/h3-6,15,17,19,22H,2,7-13H2,1H3/t15-,17-/m1/s1. The molecule has 6 nitrogen and oxygen atoms in total. The van der Waals surface area contributed by atoms with E-state index in [2.05, 4.69) is 22.3 Å². The van der Waals surface area contributed by atoms with Crippen LogP contribution in [-0.2, 0) is 11.3 Å². The second-order valence-electron chi connectivity index (χ2n) is 6.53. The quantitative estimate of drug-likeness (QED) is 0.819. The number of hydrogen-bond acceptors (Lipinski definition) is 5. The lowest BCUT2D eigenvalue weighted by molar-refractivity contribution is -0.135. The van der Waals surface area contributed by atoms with Crippen molar-refractivity contribution >= 4 is 5.91 Å². The molecule has 24 heavy (non-hydrogen) atoms. The molecule has 132 valence electrons. The Labute approximate surface area is 143 Å². The molecule has 0 aliphatic carbocycles. The fourth-order valence-electron chi connectivity index (χ4n) is 3.37. The summed E-state index contributed by atoms with van der Waals surface area (Å²) in [5, 5.41) is 12.7. The largest absolute Gasteiger partial charge is 0.494 e. The predicted octanol–water partition coefficient (Wildman–Crippen LogP) is 0.452. The SMILES string of the molecule is CCOc1ccc(CN2CCN(C(=O)[C@H]3C[C@@H](O)CN3)CC2)cc1. The summed E-state index contributed by atoms with van der Waals surface area (Å²) < 4.78 is 5.47. The molecule has 2 heterocycles. The zero-order chi connectivity index (χ0) is 16.9. The molecule has 2 atom stereocenters. The lowest BCUT2D eigenvalue weighted by atomic mass is 10.1. The van der Waals surface area contributed by atoms with E-state index in [1.807, 2.05) is 24.0 Å². The highest BCUT2D eigenvalue weighted by Gasteiger charge is 2.32. The lowest BCUT2D eigenvalue weighted by Gasteiger charge is -2.36. The first kappa shape index (κ1) is 17.2. The van der Waals surface area contributed by atoms with Gasteiger partial charge in [0.05, 0.1) is 18.8 Å². The number of benzene rings is 1. The number of amides is 1. The Hall–Kier alpha value is -1.63. The third kappa shape index (κ3) is 4.26. The van der Waals surface area contributed by atoms with E-state index in [1.54, 1.807) is 0 Å². The zero-order valence-electron chi connectivity index (χ0n) is 14.3. The van der Waals surface area contributed by atoms with Crippen molar-refractivity contribution in [1.82, 2.24) is 15.1 Å². The summed E-state index contributed by atoms with van der Waals surface area (Å²) in [4.78, 5) is 16.7. The number of hydrogen-bond donors (Lipinski definition) is 2. The van der Waals surface area contributed by atoms with E-state index in [-0.39, 0.29) is 18.1 Å². The van der Waals surface area contributed by atoms with Gasteiger partial charge >= 0.3 is 0 Å². The van der Waals surface area contributed by atoms with Crippen LogP contribution >= 0.6 is 0 Å². The number of carbonyl (C=O) groups is 1.